The number of aromatic nitrogens is 1. The molecule has 0 aromatic carbocycles. The van der Waals surface area contributed by atoms with Gasteiger partial charge in [0, 0.05) is 18.3 Å². The zero-order chi connectivity index (χ0) is 13.1. The van der Waals surface area contributed by atoms with Crippen LogP contribution < -0.4 is 5.32 Å². The molecule has 1 rings (SSSR count). The fourth-order valence-electron chi connectivity index (χ4n) is 1.60. The summed E-state index contributed by atoms with van der Waals surface area (Å²) in [6, 6.07) is 1.81. The van der Waals surface area contributed by atoms with E-state index in [1.54, 1.807) is 6.20 Å². The van der Waals surface area contributed by atoms with Crippen LogP contribution in [-0.4, -0.2) is 39.2 Å². The van der Waals surface area contributed by atoms with Crippen molar-refractivity contribution in [3.8, 4) is 0 Å². The van der Waals surface area contributed by atoms with Crippen LogP contribution in [0.2, 0.25) is 0 Å². The Morgan fingerprint density at radius 2 is 2.18 bits per heavy atom. The number of aliphatic hydroxyl groups excluding tert-OH is 1. The molecule has 6 nitrogen and oxygen atoms in total. The largest absolute Gasteiger partial charge is 0.480 e. The topological polar surface area (TPSA) is 102 Å². The molecule has 4 N–H and O–H groups in total. The molecule has 0 saturated carbocycles. The summed E-state index contributed by atoms with van der Waals surface area (Å²) in [5.41, 5.74) is 0.279. The summed E-state index contributed by atoms with van der Waals surface area (Å²) in [5.74, 6) is -1.85. The monoisotopic (exact) mass is 240 g/mol. The molecule has 0 spiro atoms. The first-order valence-corrected chi connectivity index (χ1v) is 5.16. The van der Waals surface area contributed by atoms with Crippen LogP contribution in [0.25, 0.3) is 0 Å². The predicted molar refractivity (Wildman–Crippen MR) is 60.5 cm³/mol. The number of aryl methyl sites for hydroxylation is 1. The number of nitrogens with one attached hydrogen (secondary N) is 2. The molecule has 1 atom stereocenters. The van der Waals surface area contributed by atoms with Gasteiger partial charge in [-0.15, -0.1) is 0 Å². The molecule has 0 fully saturated rings. The average Bonchev–Trinajstić information content (AvgIpc) is 2.63. The van der Waals surface area contributed by atoms with E-state index in [1.165, 1.54) is 6.92 Å². The molecular formula is C11H16N2O4. The molecule has 94 valence electrons. The summed E-state index contributed by atoms with van der Waals surface area (Å²) < 4.78 is 0. The summed E-state index contributed by atoms with van der Waals surface area (Å²) >= 11 is 0. The summed E-state index contributed by atoms with van der Waals surface area (Å²) in [4.78, 5) is 25.2. The second kappa shape index (κ2) is 5.01. The van der Waals surface area contributed by atoms with Gasteiger partial charge in [0.1, 0.15) is 12.1 Å². The predicted octanol–water partition coefficient (Wildman–Crippen LogP) is -0.183. The zero-order valence-electron chi connectivity index (χ0n) is 9.78. The van der Waals surface area contributed by atoms with Crippen molar-refractivity contribution >= 4 is 11.9 Å². The molecule has 6 heteroatoms. The molecule has 17 heavy (non-hydrogen) atoms. The van der Waals surface area contributed by atoms with Gasteiger partial charge in [0.05, 0.1) is 0 Å². The van der Waals surface area contributed by atoms with Crippen LogP contribution in [0.4, 0.5) is 0 Å². The Balaban J connectivity index is 2.85. The van der Waals surface area contributed by atoms with Gasteiger partial charge >= 0.3 is 5.97 Å². The number of H-pyrrole nitrogens is 1. The van der Waals surface area contributed by atoms with Crippen molar-refractivity contribution in [3.05, 3.63) is 23.5 Å². The normalized spacial score (nSPS) is 14.1. The minimum absolute atomic E-state index is 0.151. The smallest absolute Gasteiger partial charge is 0.329 e. The van der Waals surface area contributed by atoms with Crippen LogP contribution in [0.1, 0.15) is 18.2 Å². The fourth-order valence-corrected chi connectivity index (χ4v) is 1.60. The Kier molecular flexibility index (Phi) is 3.90. The number of amides is 1. The van der Waals surface area contributed by atoms with Crippen LogP contribution in [0.3, 0.4) is 0 Å². The van der Waals surface area contributed by atoms with E-state index in [0.717, 1.165) is 11.3 Å². The lowest BCUT2D eigenvalue weighted by Gasteiger charge is -2.25. The first kappa shape index (κ1) is 13.2. The number of carboxylic acid groups (broad SMARTS) is 1. The maximum Gasteiger partial charge on any atom is 0.329 e. The van der Waals surface area contributed by atoms with E-state index in [2.05, 4.69) is 10.3 Å². The third kappa shape index (κ3) is 3.32. The van der Waals surface area contributed by atoms with Crippen LogP contribution in [0, 0.1) is 6.92 Å². The molecule has 0 aliphatic heterocycles. The van der Waals surface area contributed by atoms with Crippen LogP contribution in [0.5, 0.6) is 0 Å². The van der Waals surface area contributed by atoms with E-state index >= 15 is 0 Å². The zero-order valence-corrected chi connectivity index (χ0v) is 9.78. The van der Waals surface area contributed by atoms with Crippen molar-refractivity contribution in [1.29, 1.82) is 0 Å². The number of hydrogen-bond acceptors (Lipinski definition) is 3. The van der Waals surface area contributed by atoms with E-state index in [1.807, 2.05) is 13.0 Å². The second-order valence-electron chi connectivity index (χ2n) is 4.21. The van der Waals surface area contributed by atoms with Gasteiger partial charge in [-0.1, -0.05) is 0 Å². The van der Waals surface area contributed by atoms with Gasteiger partial charge in [-0.05, 0) is 25.5 Å². The number of aliphatic carboxylic acids is 1. The van der Waals surface area contributed by atoms with Gasteiger partial charge in [-0.2, -0.15) is 0 Å². The third-order valence-electron chi connectivity index (χ3n) is 2.48. The maximum atomic E-state index is 11.2. The van der Waals surface area contributed by atoms with Crippen molar-refractivity contribution in [1.82, 2.24) is 10.3 Å². The van der Waals surface area contributed by atoms with Crippen molar-refractivity contribution in [2.75, 3.05) is 6.61 Å². The Labute approximate surface area is 98.7 Å². The van der Waals surface area contributed by atoms with E-state index in [4.69, 9.17) is 10.2 Å². The molecule has 0 radical (unpaired) electrons. The summed E-state index contributed by atoms with van der Waals surface area (Å²) in [7, 11) is 0. The fraction of sp³-hybridized carbons (Fsp3) is 0.455. The highest BCUT2D eigenvalue weighted by atomic mass is 16.4. The van der Waals surface area contributed by atoms with Gasteiger partial charge in [-0.3, -0.25) is 4.79 Å². The van der Waals surface area contributed by atoms with Gasteiger partial charge in [0.15, 0.2) is 0 Å². The molecule has 0 aliphatic carbocycles. The lowest BCUT2D eigenvalue weighted by Crippen LogP contribution is -2.54. The summed E-state index contributed by atoms with van der Waals surface area (Å²) in [6.07, 6.45) is 1.85. The number of hydrogen-bond donors (Lipinski definition) is 4. The van der Waals surface area contributed by atoms with E-state index in [0.29, 0.717) is 0 Å². The average molecular weight is 240 g/mol. The van der Waals surface area contributed by atoms with E-state index in [-0.39, 0.29) is 6.42 Å². The molecule has 1 amide bonds. The Morgan fingerprint density at radius 1 is 1.53 bits per heavy atom. The summed E-state index contributed by atoms with van der Waals surface area (Å²) in [5, 5.41) is 20.1. The van der Waals surface area contributed by atoms with Crippen LogP contribution in [-0.2, 0) is 16.0 Å². The highest BCUT2D eigenvalue weighted by molar-refractivity contribution is 5.87. The molecule has 1 aromatic heterocycles. The minimum atomic E-state index is -1.42. The Bertz CT molecular complexity index is 427. The van der Waals surface area contributed by atoms with Crippen molar-refractivity contribution in [3.63, 3.8) is 0 Å². The Hall–Kier alpha value is -1.82. The van der Waals surface area contributed by atoms with Crippen LogP contribution in [0.15, 0.2) is 12.3 Å². The molecule has 0 aliphatic rings. The van der Waals surface area contributed by atoms with E-state index < -0.39 is 24.0 Å². The molecule has 0 bridgehead atoms. The standard InChI is InChI=1S/C11H16N2O4/c1-7-3-8(5-12-7)4-11(2,10(16)17)13-9(15)6-14/h3,5,12,14H,4,6H2,1-2H3,(H,13,15)(H,16,17). The minimum Gasteiger partial charge on any atom is -0.480 e. The molecule has 1 unspecified atom stereocenters. The number of aromatic amines is 1. The second-order valence-corrected chi connectivity index (χ2v) is 4.21. The first-order valence-electron chi connectivity index (χ1n) is 5.16. The maximum absolute atomic E-state index is 11.2. The molecule has 1 heterocycles. The highest BCUT2D eigenvalue weighted by Crippen LogP contribution is 2.14. The number of aliphatic hydroxyl groups is 1. The molecular weight excluding hydrogens is 224 g/mol. The van der Waals surface area contributed by atoms with Crippen molar-refractivity contribution in [2.45, 2.75) is 25.8 Å². The van der Waals surface area contributed by atoms with Crippen molar-refractivity contribution in [2.24, 2.45) is 0 Å². The SMILES string of the molecule is Cc1cc(CC(C)(NC(=O)CO)C(=O)O)c[nH]1. The quantitative estimate of drug-likeness (QED) is 0.573. The lowest BCUT2D eigenvalue weighted by molar-refractivity contribution is -0.147. The molecule has 1 aromatic rings. The number of carboxylic acids is 1. The summed E-state index contributed by atoms with van der Waals surface area (Å²) in [6.45, 7) is 2.54. The molecule has 0 saturated heterocycles. The van der Waals surface area contributed by atoms with E-state index in [9.17, 15) is 9.59 Å². The lowest BCUT2D eigenvalue weighted by atomic mass is 9.94. The van der Waals surface area contributed by atoms with Gasteiger partial charge in [0.25, 0.3) is 0 Å². The van der Waals surface area contributed by atoms with Gasteiger partial charge in [-0.25, -0.2) is 4.79 Å². The van der Waals surface area contributed by atoms with Gasteiger partial charge < -0.3 is 20.5 Å². The first-order chi connectivity index (χ1) is 7.87. The third-order valence-corrected chi connectivity index (χ3v) is 2.48. The number of carbonyl (C=O) groups excluding carboxylic acids is 1. The Morgan fingerprint density at radius 3 is 2.59 bits per heavy atom. The van der Waals surface area contributed by atoms with Crippen molar-refractivity contribution < 1.29 is 19.8 Å². The van der Waals surface area contributed by atoms with Gasteiger partial charge in [0.2, 0.25) is 5.91 Å². The highest BCUT2D eigenvalue weighted by Gasteiger charge is 2.35. The number of rotatable bonds is 5. The van der Waals surface area contributed by atoms with Crippen LogP contribution >= 0.6 is 0 Å². The number of carbonyl (C=O) groups is 2.